The third-order valence-electron chi connectivity index (χ3n) is 2.68. The van der Waals surface area contributed by atoms with Gasteiger partial charge in [0.15, 0.2) is 0 Å². The Labute approximate surface area is 123 Å². The van der Waals surface area contributed by atoms with Crippen LogP contribution in [0.5, 0.6) is 0 Å². The van der Waals surface area contributed by atoms with Crippen molar-refractivity contribution >= 4 is 23.4 Å². The molecule has 0 heterocycles. The zero-order valence-corrected chi connectivity index (χ0v) is 12.1. The van der Waals surface area contributed by atoms with E-state index in [4.69, 9.17) is 11.6 Å². The first-order valence-corrected chi connectivity index (χ1v) is 6.88. The lowest BCUT2D eigenvalue weighted by atomic mass is 10.1. The van der Waals surface area contributed by atoms with Gasteiger partial charge in [-0.05, 0) is 12.5 Å². The molecule has 2 amide bonds. The maximum atomic E-state index is 11.5. The van der Waals surface area contributed by atoms with Crippen molar-refractivity contribution < 1.29 is 14.7 Å². The second-order valence-corrected chi connectivity index (χ2v) is 4.78. The Hall–Kier alpha value is -1.59. The highest BCUT2D eigenvalue weighted by Crippen LogP contribution is 2.21. The van der Waals surface area contributed by atoms with E-state index >= 15 is 0 Å². The molecule has 0 spiro atoms. The van der Waals surface area contributed by atoms with E-state index in [1.807, 2.05) is 6.92 Å². The van der Waals surface area contributed by atoms with Gasteiger partial charge in [-0.25, -0.2) is 0 Å². The zero-order chi connectivity index (χ0) is 15.0. The van der Waals surface area contributed by atoms with E-state index in [1.54, 1.807) is 24.3 Å². The van der Waals surface area contributed by atoms with Crippen LogP contribution >= 0.6 is 11.6 Å². The summed E-state index contributed by atoms with van der Waals surface area (Å²) in [5, 5.41) is 15.4. The average molecular weight is 299 g/mol. The van der Waals surface area contributed by atoms with Crippen molar-refractivity contribution in [3.8, 4) is 0 Å². The molecule has 0 aliphatic rings. The van der Waals surface area contributed by atoms with Crippen LogP contribution in [-0.2, 0) is 9.59 Å². The molecule has 1 aromatic rings. The van der Waals surface area contributed by atoms with E-state index in [1.165, 1.54) is 0 Å². The van der Waals surface area contributed by atoms with Gasteiger partial charge >= 0.3 is 0 Å². The first-order chi connectivity index (χ1) is 9.54. The summed E-state index contributed by atoms with van der Waals surface area (Å²) in [6, 6.07) is 6.90. The number of amides is 2. The minimum absolute atomic E-state index is 0.0478. The Kier molecular flexibility index (Phi) is 7.04. The Morgan fingerprint density at radius 1 is 1.25 bits per heavy atom. The number of benzene rings is 1. The highest BCUT2D eigenvalue weighted by atomic mass is 35.5. The monoisotopic (exact) mass is 298 g/mol. The van der Waals surface area contributed by atoms with Gasteiger partial charge in [-0.15, -0.1) is 0 Å². The standard InChI is InChI=1S/C14H19ClN2O3/c1-2-5-13(19)17-9-14(20)16-8-12(18)10-6-3-4-7-11(10)15/h3-4,6-7,12,18H,2,5,8-9H2,1H3,(H,16,20)(H,17,19). The number of nitrogens with one attached hydrogen (secondary N) is 2. The van der Waals surface area contributed by atoms with Crippen molar-refractivity contribution in [2.45, 2.75) is 25.9 Å². The number of carbonyl (C=O) groups excluding carboxylic acids is 2. The number of aliphatic hydroxyl groups is 1. The van der Waals surface area contributed by atoms with E-state index in [-0.39, 0.29) is 24.9 Å². The van der Waals surface area contributed by atoms with Crippen LogP contribution in [0, 0.1) is 0 Å². The summed E-state index contributed by atoms with van der Waals surface area (Å²) in [5.41, 5.74) is 0.560. The predicted molar refractivity (Wildman–Crippen MR) is 77.3 cm³/mol. The van der Waals surface area contributed by atoms with Crippen LogP contribution in [0.3, 0.4) is 0 Å². The molecule has 0 fully saturated rings. The zero-order valence-electron chi connectivity index (χ0n) is 11.4. The van der Waals surface area contributed by atoms with Gasteiger partial charge in [-0.3, -0.25) is 9.59 Å². The Bertz CT molecular complexity index is 465. The minimum Gasteiger partial charge on any atom is -0.387 e. The van der Waals surface area contributed by atoms with Gasteiger partial charge in [-0.2, -0.15) is 0 Å². The number of carbonyl (C=O) groups is 2. The number of halogens is 1. The van der Waals surface area contributed by atoms with E-state index in [2.05, 4.69) is 10.6 Å². The van der Waals surface area contributed by atoms with E-state index in [0.717, 1.165) is 6.42 Å². The lowest BCUT2D eigenvalue weighted by Gasteiger charge is -2.13. The summed E-state index contributed by atoms with van der Waals surface area (Å²) in [7, 11) is 0. The third kappa shape index (κ3) is 5.59. The van der Waals surface area contributed by atoms with Crippen LogP contribution in [-0.4, -0.2) is 30.0 Å². The molecule has 0 saturated carbocycles. The largest absolute Gasteiger partial charge is 0.387 e. The molecule has 20 heavy (non-hydrogen) atoms. The summed E-state index contributed by atoms with van der Waals surface area (Å²) >= 11 is 5.94. The molecule has 110 valence electrons. The fraction of sp³-hybridized carbons (Fsp3) is 0.429. The van der Waals surface area contributed by atoms with Crippen LogP contribution in [0.1, 0.15) is 31.4 Å². The summed E-state index contributed by atoms with van der Waals surface area (Å²) in [4.78, 5) is 22.7. The lowest BCUT2D eigenvalue weighted by molar-refractivity contribution is -0.126. The predicted octanol–water partition coefficient (Wildman–Crippen LogP) is 1.41. The second kappa shape index (κ2) is 8.55. The molecule has 1 atom stereocenters. The molecule has 5 nitrogen and oxygen atoms in total. The van der Waals surface area contributed by atoms with Crippen molar-refractivity contribution in [2.24, 2.45) is 0 Å². The van der Waals surface area contributed by atoms with Gasteiger partial charge in [-0.1, -0.05) is 36.7 Å². The minimum atomic E-state index is -0.876. The van der Waals surface area contributed by atoms with Gasteiger partial charge in [0.25, 0.3) is 0 Å². The second-order valence-electron chi connectivity index (χ2n) is 4.37. The molecule has 0 saturated heterocycles. The van der Waals surface area contributed by atoms with Gasteiger partial charge < -0.3 is 15.7 Å². The normalized spacial score (nSPS) is 11.8. The van der Waals surface area contributed by atoms with Crippen molar-refractivity contribution in [2.75, 3.05) is 13.1 Å². The highest BCUT2D eigenvalue weighted by Gasteiger charge is 2.12. The Morgan fingerprint density at radius 2 is 1.95 bits per heavy atom. The average Bonchev–Trinajstić information content (AvgIpc) is 2.43. The first-order valence-electron chi connectivity index (χ1n) is 6.50. The van der Waals surface area contributed by atoms with E-state index < -0.39 is 6.10 Å². The molecular formula is C14H19ClN2O3. The molecule has 3 N–H and O–H groups in total. The van der Waals surface area contributed by atoms with Crippen molar-refractivity contribution in [3.05, 3.63) is 34.9 Å². The van der Waals surface area contributed by atoms with Gasteiger partial charge in [0.2, 0.25) is 11.8 Å². The van der Waals surface area contributed by atoms with Gasteiger partial charge in [0, 0.05) is 23.6 Å². The molecule has 1 aromatic carbocycles. The van der Waals surface area contributed by atoms with Gasteiger partial charge in [0.05, 0.1) is 12.6 Å². The summed E-state index contributed by atoms with van der Waals surface area (Å²) in [6.07, 6.45) is 0.257. The maximum Gasteiger partial charge on any atom is 0.239 e. The quantitative estimate of drug-likeness (QED) is 0.712. The van der Waals surface area contributed by atoms with Crippen LogP contribution in [0.15, 0.2) is 24.3 Å². The molecule has 1 unspecified atom stereocenters. The van der Waals surface area contributed by atoms with Crippen LogP contribution < -0.4 is 10.6 Å². The van der Waals surface area contributed by atoms with Crippen molar-refractivity contribution in [1.82, 2.24) is 10.6 Å². The molecule has 6 heteroatoms. The van der Waals surface area contributed by atoms with Crippen molar-refractivity contribution in [1.29, 1.82) is 0 Å². The number of hydrogen-bond acceptors (Lipinski definition) is 3. The van der Waals surface area contributed by atoms with Gasteiger partial charge in [0.1, 0.15) is 0 Å². The maximum absolute atomic E-state index is 11.5. The molecule has 0 radical (unpaired) electrons. The summed E-state index contributed by atoms with van der Waals surface area (Å²) < 4.78 is 0. The lowest BCUT2D eigenvalue weighted by Crippen LogP contribution is -2.38. The topological polar surface area (TPSA) is 78.4 Å². The molecule has 0 aliphatic carbocycles. The Morgan fingerprint density at radius 3 is 2.60 bits per heavy atom. The molecular weight excluding hydrogens is 280 g/mol. The summed E-state index contributed by atoms with van der Waals surface area (Å²) in [5.74, 6) is -0.505. The SMILES string of the molecule is CCCC(=O)NCC(=O)NCC(O)c1ccccc1Cl. The molecule has 0 aromatic heterocycles. The number of aliphatic hydroxyl groups excluding tert-OH is 1. The molecule has 0 bridgehead atoms. The number of rotatable bonds is 7. The first kappa shape index (κ1) is 16.5. The Balaban J connectivity index is 2.34. The molecule has 0 aliphatic heterocycles. The van der Waals surface area contributed by atoms with Crippen LogP contribution in [0.2, 0.25) is 5.02 Å². The number of hydrogen-bond donors (Lipinski definition) is 3. The van der Waals surface area contributed by atoms with E-state index in [9.17, 15) is 14.7 Å². The third-order valence-corrected chi connectivity index (χ3v) is 3.02. The van der Waals surface area contributed by atoms with Crippen molar-refractivity contribution in [3.63, 3.8) is 0 Å². The fourth-order valence-corrected chi connectivity index (χ4v) is 1.88. The van der Waals surface area contributed by atoms with E-state index in [0.29, 0.717) is 17.0 Å². The fourth-order valence-electron chi connectivity index (χ4n) is 1.62. The highest BCUT2D eigenvalue weighted by molar-refractivity contribution is 6.31. The van der Waals surface area contributed by atoms with Crippen LogP contribution in [0.4, 0.5) is 0 Å². The van der Waals surface area contributed by atoms with Crippen LogP contribution in [0.25, 0.3) is 0 Å². The molecule has 1 rings (SSSR count). The summed E-state index contributed by atoms with van der Waals surface area (Å²) in [6.45, 7) is 1.85. The smallest absolute Gasteiger partial charge is 0.239 e.